The second-order valence-corrected chi connectivity index (χ2v) is 5.04. The largest absolute Gasteiger partial charge is 0.379 e. The minimum Gasteiger partial charge on any atom is -0.379 e. The van der Waals surface area contributed by atoms with E-state index in [2.05, 4.69) is 20.7 Å². The maximum atomic E-state index is 12.7. The number of thiocarbonyl (C=S) groups is 1. The van der Waals surface area contributed by atoms with Gasteiger partial charge in [-0.2, -0.15) is 5.10 Å². The van der Waals surface area contributed by atoms with E-state index in [1.165, 1.54) is 12.1 Å². The molecule has 0 unspecified atom stereocenters. The van der Waals surface area contributed by atoms with Gasteiger partial charge in [-0.15, -0.1) is 0 Å². The predicted molar refractivity (Wildman–Crippen MR) is 85.0 cm³/mol. The summed E-state index contributed by atoms with van der Waals surface area (Å²) in [6.07, 6.45) is 1.59. The standard InChI is InChI=1S/C14H19FN4OS/c15-13-3-1-12(2-4-13)11-17-18-14(21)16-5-6-19-7-9-20-10-8-19/h1-4,11H,5-10H2,(H2,16,18,21)/b17-11-. The van der Waals surface area contributed by atoms with E-state index in [0.29, 0.717) is 5.11 Å². The van der Waals surface area contributed by atoms with Crippen molar-refractivity contribution in [3.63, 3.8) is 0 Å². The molecule has 0 saturated carbocycles. The zero-order chi connectivity index (χ0) is 14.9. The van der Waals surface area contributed by atoms with Gasteiger partial charge < -0.3 is 10.1 Å². The first kappa shape index (κ1) is 15.8. The Morgan fingerprint density at radius 3 is 2.76 bits per heavy atom. The monoisotopic (exact) mass is 310 g/mol. The maximum Gasteiger partial charge on any atom is 0.187 e. The van der Waals surface area contributed by atoms with Crippen LogP contribution in [-0.4, -0.2) is 55.6 Å². The summed E-state index contributed by atoms with van der Waals surface area (Å²) in [5.74, 6) is -0.264. The lowest BCUT2D eigenvalue weighted by atomic mass is 10.2. The minimum atomic E-state index is -0.264. The molecule has 0 aliphatic carbocycles. The van der Waals surface area contributed by atoms with Crippen LogP contribution in [0.2, 0.25) is 0 Å². The molecule has 7 heteroatoms. The molecular formula is C14H19FN4OS. The van der Waals surface area contributed by atoms with Gasteiger partial charge in [-0.1, -0.05) is 12.1 Å². The third-order valence-corrected chi connectivity index (χ3v) is 3.30. The number of hydrogen-bond donors (Lipinski definition) is 2. The summed E-state index contributed by atoms with van der Waals surface area (Å²) in [6, 6.07) is 6.07. The highest BCUT2D eigenvalue weighted by atomic mass is 32.1. The molecule has 0 bridgehead atoms. The highest BCUT2D eigenvalue weighted by Gasteiger charge is 2.09. The summed E-state index contributed by atoms with van der Waals surface area (Å²) >= 11 is 5.12. The first-order valence-corrected chi connectivity index (χ1v) is 7.27. The van der Waals surface area contributed by atoms with Crippen molar-refractivity contribution < 1.29 is 9.13 Å². The van der Waals surface area contributed by atoms with Crippen LogP contribution in [0.4, 0.5) is 4.39 Å². The number of benzene rings is 1. The number of nitrogens with one attached hydrogen (secondary N) is 2. The molecule has 2 N–H and O–H groups in total. The van der Waals surface area contributed by atoms with Crippen LogP contribution in [0.3, 0.4) is 0 Å². The van der Waals surface area contributed by atoms with Gasteiger partial charge in [0.15, 0.2) is 5.11 Å². The van der Waals surface area contributed by atoms with Crippen molar-refractivity contribution in [1.29, 1.82) is 0 Å². The summed E-state index contributed by atoms with van der Waals surface area (Å²) in [4.78, 5) is 2.32. The Hall–Kier alpha value is -1.57. The molecule has 0 spiro atoms. The van der Waals surface area contributed by atoms with Crippen LogP contribution in [0.5, 0.6) is 0 Å². The maximum absolute atomic E-state index is 12.7. The van der Waals surface area contributed by atoms with Gasteiger partial charge in [0.2, 0.25) is 0 Å². The van der Waals surface area contributed by atoms with Crippen molar-refractivity contribution in [2.75, 3.05) is 39.4 Å². The average Bonchev–Trinajstić information content (AvgIpc) is 2.50. The zero-order valence-corrected chi connectivity index (χ0v) is 12.5. The van der Waals surface area contributed by atoms with Crippen LogP contribution in [0, 0.1) is 5.82 Å². The number of hydrogen-bond acceptors (Lipinski definition) is 4. The fourth-order valence-corrected chi connectivity index (χ4v) is 2.06. The van der Waals surface area contributed by atoms with Gasteiger partial charge >= 0.3 is 0 Å². The smallest absolute Gasteiger partial charge is 0.187 e. The molecule has 21 heavy (non-hydrogen) atoms. The Kier molecular flexibility index (Phi) is 6.52. The Labute approximate surface area is 129 Å². The van der Waals surface area contributed by atoms with Gasteiger partial charge in [-0.3, -0.25) is 10.3 Å². The lowest BCUT2D eigenvalue weighted by Gasteiger charge is -2.26. The number of ether oxygens (including phenoxy) is 1. The fraction of sp³-hybridized carbons (Fsp3) is 0.429. The molecule has 0 amide bonds. The van der Waals surface area contributed by atoms with Crippen molar-refractivity contribution >= 4 is 23.5 Å². The number of hydrazone groups is 1. The van der Waals surface area contributed by atoms with E-state index < -0.39 is 0 Å². The first-order chi connectivity index (χ1) is 10.2. The van der Waals surface area contributed by atoms with Crippen LogP contribution >= 0.6 is 12.2 Å². The highest BCUT2D eigenvalue weighted by Crippen LogP contribution is 1.99. The van der Waals surface area contributed by atoms with Crippen LogP contribution in [0.1, 0.15) is 5.56 Å². The summed E-state index contributed by atoms with van der Waals surface area (Å²) in [5, 5.41) is 7.57. The number of nitrogens with zero attached hydrogens (tertiary/aromatic N) is 2. The molecule has 1 fully saturated rings. The average molecular weight is 310 g/mol. The van der Waals surface area contributed by atoms with E-state index in [-0.39, 0.29) is 5.82 Å². The molecule has 1 aliphatic heterocycles. The fourth-order valence-electron chi connectivity index (χ4n) is 1.91. The lowest BCUT2D eigenvalue weighted by Crippen LogP contribution is -2.42. The van der Waals surface area contributed by atoms with Gasteiger partial charge in [0.1, 0.15) is 5.82 Å². The van der Waals surface area contributed by atoms with Gasteiger partial charge in [0.25, 0.3) is 0 Å². The van der Waals surface area contributed by atoms with E-state index in [9.17, 15) is 4.39 Å². The third-order valence-electron chi connectivity index (χ3n) is 3.07. The molecule has 2 rings (SSSR count). The zero-order valence-electron chi connectivity index (χ0n) is 11.7. The molecule has 0 aromatic heterocycles. The van der Waals surface area contributed by atoms with Gasteiger partial charge in [0.05, 0.1) is 19.4 Å². The van der Waals surface area contributed by atoms with E-state index in [1.54, 1.807) is 18.3 Å². The van der Waals surface area contributed by atoms with Gasteiger partial charge in [-0.05, 0) is 29.9 Å². The van der Waals surface area contributed by atoms with Crippen LogP contribution < -0.4 is 10.7 Å². The van der Waals surface area contributed by atoms with Gasteiger partial charge in [-0.25, -0.2) is 4.39 Å². The van der Waals surface area contributed by atoms with E-state index in [0.717, 1.165) is 45.0 Å². The molecule has 0 radical (unpaired) electrons. The van der Waals surface area contributed by atoms with Gasteiger partial charge in [0, 0.05) is 26.2 Å². The van der Waals surface area contributed by atoms with Crippen molar-refractivity contribution in [3.05, 3.63) is 35.6 Å². The van der Waals surface area contributed by atoms with Crippen LogP contribution in [0.15, 0.2) is 29.4 Å². The van der Waals surface area contributed by atoms with Crippen molar-refractivity contribution in [3.8, 4) is 0 Å². The molecule has 1 aliphatic rings. The Morgan fingerprint density at radius 1 is 1.33 bits per heavy atom. The molecular weight excluding hydrogens is 291 g/mol. The molecule has 114 valence electrons. The van der Waals surface area contributed by atoms with Crippen LogP contribution in [0.25, 0.3) is 0 Å². The summed E-state index contributed by atoms with van der Waals surface area (Å²) in [5.41, 5.74) is 3.54. The highest BCUT2D eigenvalue weighted by molar-refractivity contribution is 7.80. The van der Waals surface area contributed by atoms with E-state index >= 15 is 0 Å². The SMILES string of the molecule is Fc1ccc(/C=N\NC(=S)NCCN2CCOCC2)cc1. The Balaban J connectivity index is 1.61. The minimum absolute atomic E-state index is 0.264. The summed E-state index contributed by atoms with van der Waals surface area (Å²) in [7, 11) is 0. The lowest BCUT2D eigenvalue weighted by molar-refractivity contribution is 0.0389. The molecule has 0 atom stereocenters. The summed E-state index contributed by atoms with van der Waals surface area (Å²) in [6.45, 7) is 5.20. The third kappa shape index (κ3) is 6.16. The number of halogens is 1. The molecule has 1 saturated heterocycles. The molecule has 1 heterocycles. The second-order valence-electron chi connectivity index (χ2n) is 4.63. The number of rotatable bonds is 5. The molecule has 1 aromatic rings. The first-order valence-electron chi connectivity index (χ1n) is 6.86. The molecule has 1 aromatic carbocycles. The Bertz CT molecular complexity index is 474. The topological polar surface area (TPSA) is 48.9 Å². The van der Waals surface area contributed by atoms with Crippen molar-refractivity contribution in [2.24, 2.45) is 5.10 Å². The molecule has 5 nitrogen and oxygen atoms in total. The summed E-state index contributed by atoms with van der Waals surface area (Å²) < 4.78 is 18.0. The Morgan fingerprint density at radius 2 is 2.05 bits per heavy atom. The van der Waals surface area contributed by atoms with Crippen molar-refractivity contribution in [2.45, 2.75) is 0 Å². The van der Waals surface area contributed by atoms with E-state index in [4.69, 9.17) is 17.0 Å². The van der Waals surface area contributed by atoms with Crippen LogP contribution in [-0.2, 0) is 4.74 Å². The normalized spacial score (nSPS) is 16.0. The number of morpholine rings is 1. The second kappa shape index (κ2) is 8.66. The predicted octanol–water partition coefficient (Wildman–Crippen LogP) is 0.956. The van der Waals surface area contributed by atoms with E-state index in [1.807, 2.05) is 0 Å². The quantitative estimate of drug-likeness (QED) is 0.482. The van der Waals surface area contributed by atoms with Crippen molar-refractivity contribution in [1.82, 2.24) is 15.6 Å².